The zero-order valence-electron chi connectivity index (χ0n) is 21.1. The molecule has 0 bridgehead atoms. The van der Waals surface area contributed by atoms with Gasteiger partial charge in [-0.3, -0.25) is 0 Å². The molecule has 3 aliphatic rings. The summed E-state index contributed by atoms with van der Waals surface area (Å²) in [5.74, 6) is 4.49. The Kier molecular flexibility index (Phi) is 7.59. The zero-order valence-corrected chi connectivity index (χ0v) is 21.1. The van der Waals surface area contributed by atoms with Crippen molar-refractivity contribution in [3.8, 4) is 0 Å². The second-order valence-electron chi connectivity index (χ2n) is 11.6. The van der Waals surface area contributed by atoms with E-state index in [9.17, 15) is 0 Å². The maximum atomic E-state index is 2.50. The van der Waals surface area contributed by atoms with Crippen molar-refractivity contribution in [1.29, 1.82) is 0 Å². The van der Waals surface area contributed by atoms with E-state index < -0.39 is 0 Å². The average Bonchev–Trinajstić information content (AvgIpc) is 3.54. The van der Waals surface area contributed by atoms with E-state index in [1.165, 1.54) is 89.9 Å². The SMILES string of the molecule is CCCCCCC1CC(C(c2ccccc2)(c2ccccc2)C2CCCC2)C2CCCCC12. The van der Waals surface area contributed by atoms with Crippen LogP contribution in [0.5, 0.6) is 0 Å². The molecule has 4 unspecified atom stereocenters. The standard InChI is InChI=1S/C33H46/c1-2-3-4-7-16-26-25-32(31-24-15-14-23-30(26)31)33(29-21-12-13-22-29,27-17-8-5-9-18-27)28-19-10-6-11-20-28/h5-6,8-11,17-20,26,29-32H,2-4,7,12-16,21-25H2,1H3. The van der Waals surface area contributed by atoms with Crippen LogP contribution in [0.25, 0.3) is 0 Å². The van der Waals surface area contributed by atoms with Crippen LogP contribution in [0.2, 0.25) is 0 Å². The molecule has 5 rings (SSSR count). The molecule has 2 aromatic carbocycles. The lowest BCUT2D eigenvalue weighted by Gasteiger charge is -2.49. The molecule has 3 aliphatic carbocycles. The van der Waals surface area contributed by atoms with Crippen LogP contribution in [0.4, 0.5) is 0 Å². The van der Waals surface area contributed by atoms with Gasteiger partial charge in [-0.25, -0.2) is 0 Å². The van der Waals surface area contributed by atoms with Crippen molar-refractivity contribution in [2.45, 2.75) is 102 Å². The minimum Gasteiger partial charge on any atom is -0.0654 e. The molecule has 33 heavy (non-hydrogen) atoms. The Hall–Kier alpha value is -1.56. The zero-order chi connectivity index (χ0) is 22.5. The minimum atomic E-state index is 0.206. The third kappa shape index (κ3) is 4.44. The fourth-order valence-corrected chi connectivity index (χ4v) is 8.82. The van der Waals surface area contributed by atoms with E-state index in [4.69, 9.17) is 0 Å². The number of benzene rings is 2. The van der Waals surface area contributed by atoms with Gasteiger partial charge >= 0.3 is 0 Å². The van der Waals surface area contributed by atoms with Crippen molar-refractivity contribution in [3.63, 3.8) is 0 Å². The van der Waals surface area contributed by atoms with E-state index in [0.717, 1.165) is 29.6 Å². The van der Waals surface area contributed by atoms with Gasteiger partial charge in [-0.2, -0.15) is 0 Å². The highest BCUT2D eigenvalue weighted by molar-refractivity contribution is 5.43. The van der Waals surface area contributed by atoms with Gasteiger partial charge < -0.3 is 0 Å². The quantitative estimate of drug-likeness (QED) is 0.339. The van der Waals surface area contributed by atoms with Crippen LogP contribution < -0.4 is 0 Å². The van der Waals surface area contributed by atoms with E-state index in [1.807, 2.05) is 0 Å². The number of hydrogen-bond acceptors (Lipinski definition) is 0. The monoisotopic (exact) mass is 442 g/mol. The summed E-state index contributed by atoms with van der Waals surface area (Å²) in [5, 5.41) is 0. The summed E-state index contributed by atoms with van der Waals surface area (Å²) in [6.07, 6.45) is 20.2. The number of hydrogen-bond donors (Lipinski definition) is 0. The molecule has 0 nitrogen and oxygen atoms in total. The van der Waals surface area contributed by atoms with Gasteiger partial charge in [0.25, 0.3) is 0 Å². The van der Waals surface area contributed by atoms with E-state index in [1.54, 1.807) is 11.1 Å². The smallest absolute Gasteiger partial charge is 0.0262 e. The second kappa shape index (κ2) is 10.8. The maximum Gasteiger partial charge on any atom is 0.0262 e. The van der Waals surface area contributed by atoms with Gasteiger partial charge in [0.15, 0.2) is 0 Å². The first kappa shape index (κ1) is 23.2. The highest BCUT2D eigenvalue weighted by Gasteiger charge is 2.56. The fourth-order valence-electron chi connectivity index (χ4n) is 8.82. The van der Waals surface area contributed by atoms with Crippen LogP contribution in [-0.2, 0) is 5.41 Å². The first-order valence-corrected chi connectivity index (χ1v) is 14.5. The summed E-state index contributed by atoms with van der Waals surface area (Å²) in [4.78, 5) is 0. The highest BCUT2D eigenvalue weighted by atomic mass is 14.6. The van der Waals surface area contributed by atoms with Gasteiger partial charge in [-0.1, -0.05) is 125 Å². The van der Waals surface area contributed by atoms with Crippen molar-refractivity contribution >= 4 is 0 Å². The lowest BCUT2D eigenvalue weighted by molar-refractivity contribution is 0.126. The maximum absolute atomic E-state index is 2.50. The van der Waals surface area contributed by atoms with Crippen LogP contribution in [0.1, 0.15) is 108 Å². The Morgan fingerprint density at radius 1 is 0.667 bits per heavy atom. The molecule has 0 spiro atoms. The minimum absolute atomic E-state index is 0.206. The molecule has 0 aliphatic heterocycles. The third-order valence-corrected chi connectivity index (χ3v) is 10.1. The Labute approximate surface area is 203 Å². The van der Waals surface area contributed by atoms with E-state index in [0.29, 0.717) is 0 Å². The third-order valence-electron chi connectivity index (χ3n) is 10.1. The molecule has 0 heterocycles. The molecule has 0 N–H and O–H groups in total. The van der Waals surface area contributed by atoms with Gasteiger partial charge in [0, 0.05) is 5.41 Å². The largest absolute Gasteiger partial charge is 0.0654 e. The average molecular weight is 443 g/mol. The molecule has 0 heteroatoms. The predicted molar refractivity (Wildman–Crippen MR) is 141 cm³/mol. The Balaban J connectivity index is 1.58. The van der Waals surface area contributed by atoms with E-state index in [-0.39, 0.29) is 5.41 Å². The van der Waals surface area contributed by atoms with Crippen molar-refractivity contribution in [2.24, 2.45) is 29.6 Å². The number of fused-ring (bicyclic) bond motifs is 1. The summed E-state index contributed by atoms with van der Waals surface area (Å²) >= 11 is 0. The number of rotatable bonds is 9. The molecule has 2 aromatic rings. The summed E-state index contributed by atoms with van der Waals surface area (Å²) < 4.78 is 0. The molecule has 3 saturated carbocycles. The summed E-state index contributed by atoms with van der Waals surface area (Å²) in [5.41, 5.74) is 3.46. The van der Waals surface area contributed by atoms with Crippen molar-refractivity contribution in [2.75, 3.05) is 0 Å². The summed E-state index contributed by atoms with van der Waals surface area (Å²) in [7, 11) is 0. The van der Waals surface area contributed by atoms with E-state index in [2.05, 4.69) is 67.6 Å². The molecule has 4 atom stereocenters. The first-order chi connectivity index (χ1) is 16.4. The van der Waals surface area contributed by atoms with Gasteiger partial charge in [-0.15, -0.1) is 0 Å². The van der Waals surface area contributed by atoms with Crippen molar-refractivity contribution < 1.29 is 0 Å². The van der Waals surface area contributed by atoms with Crippen molar-refractivity contribution in [3.05, 3.63) is 71.8 Å². The Morgan fingerprint density at radius 3 is 1.85 bits per heavy atom. The van der Waals surface area contributed by atoms with Crippen LogP contribution in [0.15, 0.2) is 60.7 Å². The number of unbranched alkanes of at least 4 members (excludes halogenated alkanes) is 3. The fraction of sp³-hybridized carbons (Fsp3) is 0.636. The normalized spacial score (nSPS) is 28.2. The molecule has 0 radical (unpaired) electrons. The topological polar surface area (TPSA) is 0 Å². The van der Waals surface area contributed by atoms with Gasteiger partial charge in [0.05, 0.1) is 0 Å². The van der Waals surface area contributed by atoms with Crippen LogP contribution in [0, 0.1) is 29.6 Å². The molecule has 3 fully saturated rings. The summed E-state index contributed by atoms with van der Waals surface area (Å²) in [6.45, 7) is 2.35. The van der Waals surface area contributed by atoms with Crippen LogP contribution in [-0.4, -0.2) is 0 Å². The molecular formula is C33H46. The molecule has 0 amide bonds. The Morgan fingerprint density at radius 2 is 1.24 bits per heavy atom. The highest BCUT2D eigenvalue weighted by Crippen LogP contribution is 2.62. The van der Waals surface area contributed by atoms with Gasteiger partial charge in [0.1, 0.15) is 0 Å². The molecule has 0 saturated heterocycles. The van der Waals surface area contributed by atoms with Crippen LogP contribution >= 0.6 is 0 Å². The lowest BCUT2D eigenvalue weighted by atomic mass is 9.54. The lowest BCUT2D eigenvalue weighted by Crippen LogP contribution is -2.45. The van der Waals surface area contributed by atoms with Crippen molar-refractivity contribution in [1.82, 2.24) is 0 Å². The second-order valence-corrected chi connectivity index (χ2v) is 11.6. The van der Waals surface area contributed by atoms with Crippen LogP contribution in [0.3, 0.4) is 0 Å². The first-order valence-electron chi connectivity index (χ1n) is 14.5. The predicted octanol–water partition coefficient (Wildman–Crippen LogP) is 9.58. The van der Waals surface area contributed by atoms with Gasteiger partial charge in [-0.05, 0) is 72.8 Å². The van der Waals surface area contributed by atoms with E-state index >= 15 is 0 Å². The Bertz CT molecular complexity index is 791. The molecule has 0 aromatic heterocycles. The molecule has 178 valence electrons. The summed E-state index contributed by atoms with van der Waals surface area (Å²) in [6, 6.07) is 23.7. The van der Waals surface area contributed by atoms with Gasteiger partial charge in [0.2, 0.25) is 0 Å². The molecular weight excluding hydrogens is 396 g/mol.